The van der Waals surface area contributed by atoms with E-state index in [9.17, 15) is 9.59 Å². The Labute approximate surface area is 133 Å². The number of aromatic nitrogens is 1. The van der Waals surface area contributed by atoms with Gasteiger partial charge in [0.2, 0.25) is 0 Å². The van der Waals surface area contributed by atoms with Crippen molar-refractivity contribution in [3.05, 3.63) is 54.4 Å². The standard InChI is InChI=1S/C17H18N2O4/c20-15(21)11-17(6-9-23-12-17)18-16(22)13-4-3-5-14(10-13)19-7-1-2-8-19/h1-5,7-8,10H,6,9,11-12H2,(H,18,22)(H,20,21). The number of rotatable bonds is 5. The van der Waals surface area contributed by atoms with Gasteiger partial charge in [-0.2, -0.15) is 0 Å². The first-order chi connectivity index (χ1) is 11.1. The van der Waals surface area contributed by atoms with E-state index < -0.39 is 11.5 Å². The van der Waals surface area contributed by atoms with Crippen LogP contribution in [0.4, 0.5) is 0 Å². The summed E-state index contributed by atoms with van der Waals surface area (Å²) in [5.41, 5.74) is 0.539. The third-order valence-corrected chi connectivity index (χ3v) is 3.98. The first-order valence-corrected chi connectivity index (χ1v) is 7.43. The second-order valence-corrected chi connectivity index (χ2v) is 5.75. The SMILES string of the molecule is O=C(O)CC1(NC(=O)c2cccc(-n3cccc3)c2)CCOC1. The highest BCUT2D eigenvalue weighted by atomic mass is 16.5. The Morgan fingerprint density at radius 1 is 1.26 bits per heavy atom. The van der Waals surface area contributed by atoms with E-state index in [0.717, 1.165) is 5.69 Å². The third kappa shape index (κ3) is 3.43. The number of hydrogen-bond donors (Lipinski definition) is 2. The fourth-order valence-corrected chi connectivity index (χ4v) is 2.81. The molecule has 1 saturated heterocycles. The lowest BCUT2D eigenvalue weighted by atomic mass is 9.93. The van der Waals surface area contributed by atoms with E-state index in [4.69, 9.17) is 9.84 Å². The van der Waals surface area contributed by atoms with Crippen molar-refractivity contribution >= 4 is 11.9 Å². The summed E-state index contributed by atoms with van der Waals surface area (Å²) in [6, 6.07) is 11.0. The molecule has 0 spiro atoms. The van der Waals surface area contributed by atoms with Crippen LogP contribution in [0, 0.1) is 0 Å². The monoisotopic (exact) mass is 314 g/mol. The normalized spacial score (nSPS) is 20.3. The van der Waals surface area contributed by atoms with E-state index in [1.807, 2.05) is 35.2 Å². The van der Waals surface area contributed by atoms with E-state index in [1.54, 1.807) is 18.2 Å². The van der Waals surface area contributed by atoms with Crippen LogP contribution >= 0.6 is 0 Å². The van der Waals surface area contributed by atoms with Crippen molar-refractivity contribution in [1.82, 2.24) is 9.88 Å². The maximum atomic E-state index is 12.5. The number of carbonyl (C=O) groups excluding carboxylic acids is 1. The second kappa shape index (κ2) is 6.26. The highest BCUT2D eigenvalue weighted by Gasteiger charge is 2.38. The van der Waals surface area contributed by atoms with Crippen molar-refractivity contribution in [3.8, 4) is 5.69 Å². The molecular formula is C17H18N2O4. The summed E-state index contributed by atoms with van der Waals surface area (Å²) in [7, 11) is 0. The van der Waals surface area contributed by atoms with E-state index in [1.165, 1.54) is 0 Å². The number of benzene rings is 1. The van der Waals surface area contributed by atoms with Gasteiger partial charge in [0, 0.05) is 30.3 Å². The molecule has 1 aromatic carbocycles. The van der Waals surface area contributed by atoms with Crippen LogP contribution in [0.15, 0.2) is 48.8 Å². The molecule has 0 bridgehead atoms. The van der Waals surface area contributed by atoms with Crippen molar-refractivity contribution < 1.29 is 19.4 Å². The first kappa shape index (κ1) is 15.3. The van der Waals surface area contributed by atoms with Crippen LogP contribution in [0.5, 0.6) is 0 Å². The van der Waals surface area contributed by atoms with Gasteiger partial charge in [0.25, 0.3) is 5.91 Å². The van der Waals surface area contributed by atoms with Gasteiger partial charge in [-0.25, -0.2) is 0 Å². The van der Waals surface area contributed by atoms with Crippen LogP contribution in [0.1, 0.15) is 23.2 Å². The lowest BCUT2D eigenvalue weighted by molar-refractivity contribution is -0.138. The molecule has 1 unspecified atom stereocenters. The zero-order valence-electron chi connectivity index (χ0n) is 12.6. The van der Waals surface area contributed by atoms with Gasteiger partial charge in [0.05, 0.1) is 18.6 Å². The van der Waals surface area contributed by atoms with Crippen molar-refractivity contribution in [2.45, 2.75) is 18.4 Å². The van der Waals surface area contributed by atoms with Crippen LogP contribution in [0.25, 0.3) is 5.69 Å². The van der Waals surface area contributed by atoms with Crippen molar-refractivity contribution in [1.29, 1.82) is 0 Å². The van der Waals surface area contributed by atoms with Gasteiger partial charge in [-0.3, -0.25) is 9.59 Å². The molecular weight excluding hydrogens is 296 g/mol. The van der Waals surface area contributed by atoms with Gasteiger partial charge in [-0.1, -0.05) is 6.07 Å². The van der Waals surface area contributed by atoms with Gasteiger partial charge >= 0.3 is 5.97 Å². The fourth-order valence-electron chi connectivity index (χ4n) is 2.81. The van der Waals surface area contributed by atoms with E-state index in [2.05, 4.69) is 5.32 Å². The van der Waals surface area contributed by atoms with Crippen molar-refractivity contribution in [2.24, 2.45) is 0 Å². The van der Waals surface area contributed by atoms with Crippen LogP contribution in [0.2, 0.25) is 0 Å². The summed E-state index contributed by atoms with van der Waals surface area (Å²) in [4.78, 5) is 23.6. The van der Waals surface area contributed by atoms with Gasteiger partial charge < -0.3 is 19.7 Å². The zero-order chi connectivity index (χ0) is 16.3. The molecule has 3 rings (SSSR count). The van der Waals surface area contributed by atoms with Crippen molar-refractivity contribution in [3.63, 3.8) is 0 Å². The molecule has 0 radical (unpaired) electrons. The number of nitrogens with zero attached hydrogens (tertiary/aromatic N) is 1. The second-order valence-electron chi connectivity index (χ2n) is 5.75. The molecule has 1 amide bonds. The summed E-state index contributed by atoms with van der Waals surface area (Å²) in [5, 5.41) is 11.9. The molecule has 120 valence electrons. The minimum Gasteiger partial charge on any atom is -0.481 e. The summed E-state index contributed by atoms with van der Waals surface area (Å²) in [6.07, 6.45) is 4.15. The average molecular weight is 314 g/mol. The molecule has 1 aliphatic heterocycles. The molecule has 1 aliphatic rings. The molecule has 2 N–H and O–H groups in total. The van der Waals surface area contributed by atoms with Crippen LogP contribution in [-0.4, -0.2) is 40.3 Å². The molecule has 6 nitrogen and oxygen atoms in total. The van der Waals surface area contributed by atoms with Gasteiger partial charge in [-0.05, 0) is 36.8 Å². The Bertz CT molecular complexity index is 703. The lowest BCUT2D eigenvalue weighted by Gasteiger charge is -2.27. The third-order valence-electron chi connectivity index (χ3n) is 3.98. The highest BCUT2D eigenvalue weighted by Crippen LogP contribution is 2.23. The number of ether oxygens (including phenoxy) is 1. The van der Waals surface area contributed by atoms with Gasteiger partial charge in [0.1, 0.15) is 0 Å². The molecule has 2 aromatic rings. The van der Waals surface area contributed by atoms with Crippen molar-refractivity contribution in [2.75, 3.05) is 13.2 Å². The number of carboxylic acids is 1. The average Bonchev–Trinajstić information content (AvgIpc) is 3.19. The minimum absolute atomic E-state index is 0.143. The van der Waals surface area contributed by atoms with E-state index >= 15 is 0 Å². The molecule has 1 fully saturated rings. The first-order valence-electron chi connectivity index (χ1n) is 7.43. The van der Waals surface area contributed by atoms with E-state index in [0.29, 0.717) is 18.6 Å². The minimum atomic E-state index is -0.947. The molecule has 0 aliphatic carbocycles. The summed E-state index contributed by atoms with van der Waals surface area (Å²) in [6.45, 7) is 0.680. The maximum absolute atomic E-state index is 12.5. The zero-order valence-corrected chi connectivity index (χ0v) is 12.6. The summed E-state index contributed by atoms with van der Waals surface area (Å²) in [5.74, 6) is -1.23. The maximum Gasteiger partial charge on any atom is 0.305 e. The Hall–Kier alpha value is -2.60. The number of carbonyl (C=O) groups is 2. The van der Waals surface area contributed by atoms with E-state index in [-0.39, 0.29) is 18.9 Å². The number of nitrogens with one attached hydrogen (secondary N) is 1. The molecule has 0 saturated carbocycles. The predicted octanol–water partition coefficient (Wildman–Crippen LogP) is 1.84. The lowest BCUT2D eigenvalue weighted by Crippen LogP contribution is -2.50. The van der Waals surface area contributed by atoms with Crippen LogP contribution in [0.3, 0.4) is 0 Å². The van der Waals surface area contributed by atoms with Crippen LogP contribution < -0.4 is 5.32 Å². The summed E-state index contributed by atoms with van der Waals surface area (Å²) < 4.78 is 7.20. The summed E-state index contributed by atoms with van der Waals surface area (Å²) >= 11 is 0. The number of carboxylic acid groups (broad SMARTS) is 1. The Morgan fingerprint density at radius 2 is 2.04 bits per heavy atom. The fraction of sp³-hybridized carbons (Fsp3) is 0.294. The number of hydrogen-bond acceptors (Lipinski definition) is 3. The quantitative estimate of drug-likeness (QED) is 0.882. The smallest absolute Gasteiger partial charge is 0.305 e. The van der Waals surface area contributed by atoms with Crippen LogP contribution in [-0.2, 0) is 9.53 Å². The Balaban J connectivity index is 1.80. The van der Waals surface area contributed by atoms with Gasteiger partial charge in [0.15, 0.2) is 0 Å². The largest absolute Gasteiger partial charge is 0.481 e. The Kier molecular flexibility index (Phi) is 4.16. The Morgan fingerprint density at radius 3 is 2.70 bits per heavy atom. The highest BCUT2D eigenvalue weighted by molar-refractivity contribution is 5.95. The molecule has 23 heavy (non-hydrogen) atoms. The topological polar surface area (TPSA) is 80.6 Å². The number of amides is 1. The molecule has 1 atom stereocenters. The molecule has 6 heteroatoms. The van der Waals surface area contributed by atoms with Gasteiger partial charge in [-0.15, -0.1) is 0 Å². The number of aliphatic carboxylic acids is 1. The molecule has 1 aromatic heterocycles. The predicted molar refractivity (Wildman–Crippen MR) is 83.7 cm³/mol. The molecule has 2 heterocycles.